The molecular formula is C12H18N2O5S2. The molecule has 0 saturated carbocycles. The Morgan fingerprint density at radius 2 is 1.95 bits per heavy atom. The van der Waals surface area contributed by atoms with Crippen LogP contribution in [-0.4, -0.2) is 49.3 Å². The van der Waals surface area contributed by atoms with Crippen LogP contribution in [0.1, 0.15) is 29.9 Å². The fraction of sp³-hybridized carbons (Fsp3) is 0.500. The van der Waals surface area contributed by atoms with Gasteiger partial charge in [-0.2, -0.15) is 4.31 Å². The van der Waals surface area contributed by atoms with E-state index in [1.807, 2.05) is 0 Å². The molecule has 118 valence electrons. The molecule has 0 saturated heterocycles. The van der Waals surface area contributed by atoms with Gasteiger partial charge < -0.3 is 10.4 Å². The standard InChI is InChI=1S/C12H18N2O5S2/c1-3-14(4-2)21(18,19)9-7-10(20-8-9)12(17)13-6-5-11(15)16/h7-8H,3-6H2,1-2H3,(H,13,17)(H,15,16). The average Bonchev–Trinajstić information content (AvgIpc) is 2.89. The van der Waals surface area contributed by atoms with Gasteiger partial charge in [-0.15, -0.1) is 11.3 Å². The van der Waals surface area contributed by atoms with Crippen molar-refractivity contribution in [3.8, 4) is 0 Å². The number of hydrogen-bond acceptors (Lipinski definition) is 5. The largest absolute Gasteiger partial charge is 0.481 e. The molecule has 0 unspecified atom stereocenters. The van der Waals surface area contributed by atoms with Gasteiger partial charge in [0.05, 0.1) is 16.2 Å². The number of nitrogens with zero attached hydrogens (tertiary/aromatic N) is 1. The van der Waals surface area contributed by atoms with Crippen LogP contribution in [0.3, 0.4) is 0 Å². The van der Waals surface area contributed by atoms with Gasteiger partial charge in [-0.1, -0.05) is 13.8 Å². The molecule has 1 amide bonds. The molecule has 1 aromatic heterocycles. The highest BCUT2D eigenvalue weighted by atomic mass is 32.2. The molecule has 0 fully saturated rings. The van der Waals surface area contributed by atoms with Crippen LogP contribution in [0.4, 0.5) is 0 Å². The van der Waals surface area contributed by atoms with Crippen LogP contribution in [0.2, 0.25) is 0 Å². The summed E-state index contributed by atoms with van der Waals surface area (Å²) >= 11 is 1.02. The summed E-state index contributed by atoms with van der Waals surface area (Å²) in [6, 6.07) is 1.31. The number of carboxylic acids is 1. The third-order valence-corrected chi connectivity index (χ3v) is 5.87. The van der Waals surface area contributed by atoms with Gasteiger partial charge in [0, 0.05) is 25.0 Å². The maximum atomic E-state index is 12.3. The van der Waals surface area contributed by atoms with Gasteiger partial charge in [0.1, 0.15) is 0 Å². The number of hydrogen-bond donors (Lipinski definition) is 2. The first-order chi connectivity index (χ1) is 9.82. The molecule has 0 aromatic carbocycles. The highest BCUT2D eigenvalue weighted by Crippen LogP contribution is 2.22. The molecule has 0 spiro atoms. The van der Waals surface area contributed by atoms with Crippen LogP contribution in [0.25, 0.3) is 0 Å². The molecular weight excluding hydrogens is 316 g/mol. The van der Waals surface area contributed by atoms with Crippen molar-refractivity contribution in [2.24, 2.45) is 0 Å². The molecule has 7 nitrogen and oxygen atoms in total. The predicted octanol–water partition coefficient (Wildman–Crippen LogP) is 0.983. The van der Waals surface area contributed by atoms with Crippen LogP contribution in [-0.2, 0) is 14.8 Å². The Morgan fingerprint density at radius 1 is 1.33 bits per heavy atom. The number of thiophene rings is 1. The van der Waals surface area contributed by atoms with E-state index in [-0.39, 0.29) is 22.7 Å². The predicted molar refractivity (Wildman–Crippen MR) is 79.0 cm³/mol. The lowest BCUT2D eigenvalue weighted by atomic mass is 10.4. The van der Waals surface area contributed by atoms with Crippen molar-refractivity contribution < 1.29 is 23.1 Å². The van der Waals surface area contributed by atoms with Gasteiger partial charge in [0.15, 0.2) is 0 Å². The second-order valence-corrected chi connectivity index (χ2v) is 6.98. The molecule has 21 heavy (non-hydrogen) atoms. The van der Waals surface area contributed by atoms with E-state index in [9.17, 15) is 18.0 Å². The Kier molecular flexibility index (Phi) is 6.31. The lowest BCUT2D eigenvalue weighted by Gasteiger charge is -2.17. The van der Waals surface area contributed by atoms with Gasteiger partial charge in [-0.25, -0.2) is 8.42 Å². The molecule has 2 N–H and O–H groups in total. The number of rotatable bonds is 8. The summed E-state index contributed by atoms with van der Waals surface area (Å²) in [5.41, 5.74) is 0. The second kappa shape index (κ2) is 7.53. The van der Waals surface area contributed by atoms with Crippen LogP contribution < -0.4 is 5.32 Å². The zero-order chi connectivity index (χ0) is 16.0. The summed E-state index contributed by atoms with van der Waals surface area (Å²) in [6.45, 7) is 4.20. The van der Waals surface area contributed by atoms with E-state index in [0.29, 0.717) is 13.1 Å². The van der Waals surface area contributed by atoms with Crippen LogP contribution in [0.5, 0.6) is 0 Å². The molecule has 0 aliphatic heterocycles. The van der Waals surface area contributed by atoms with Crippen molar-refractivity contribution in [1.82, 2.24) is 9.62 Å². The van der Waals surface area contributed by atoms with E-state index in [4.69, 9.17) is 5.11 Å². The molecule has 1 rings (SSSR count). The first-order valence-electron chi connectivity index (χ1n) is 6.41. The zero-order valence-electron chi connectivity index (χ0n) is 11.8. The van der Waals surface area contributed by atoms with Crippen LogP contribution in [0, 0.1) is 0 Å². The molecule has 0 radical (unpaired) electrons. The van der Waals surface area contributed by atoms with Gasteiger partial charge >= 0.3 is 5.97 Å². The highest BCUT2D eigenvalue weighted by molar-refractivity contribution is 7.89. The van der Waals surface area contributed by atoms with E-state index < -0.39 is 21.9 Å². The third kappa shape index (κ3) is 4.51. The van der Waals surface area contributed by atoms with E-state index in [0.717, 1.165) is 11.3 Å². The number of sulfonamides is 1. The fourth-order valence-corrected chi connectivity index (χ4v) is 4.29. The Balaban J connectivity index is 2.81. The summed E-state index contributed by atoms with van der Waals surface area (Å²) in [5.74, 6) is -1.48. The Hall–Kier alpha value is -1.45. The number of carboxylic acid groups (broad SMARTS) is 1. The molecule has 1 aromatic rings. The third-order valence-electron chi connectivity index (χ3n) is 2.77. The minimum atomic E-state index is -3.58. The maximum absolute atomic E-state index is 12.3. The van der Waals surface area contributed by atoms with Crippen molar-refractivity contribution in [3.05, 3.63) is 16.3 Å². The first-order valence-corrected chi connectivity index (χ1v) is 8.73. The van der Waals surface area contributed by atoms with Crippen molar-refractivity contribution >= 4 is 33.2 Å². The van der Waals surface area contributed by atoms with Crippen molar-refractivity contribution in [1.29, 1.82) is 0 Å². The van der Waals surface area contributed by atoms with Crippen LogP contribution >= 0.6 is 11.3 Å². The summed E-state index contributed by atoms with van der Waals surface area (Å²) in [6.07, 6.45) is -0.179. The molecule has 0 aliphatic carbocycles. The van der Waals surface area contributed by atoms with Crippen LogP contribution in [0.15, 0.2) is 16.3 Å². The highest BCUT2D eigenvalue weighted by Gasteiger charge is 2.24. The topological polar surface area (TPSA) is 104 Å². The van der Waals surface area contributed by atoms with E-state index in [1.165, 1.54) is 15.8 Å². The lowest BCUT2D eigenvalue weighted by molar-refractivity contribution is -0.136. The maximum Gasteiger partial charge on any atom is 0.305 e. The molecule has 0 aliphatic rings. The Morgan fingerprint density at radius 3 is 2.48 bits per heavy atom. The summed E-state index contributed by atoms with van der Waals surface area (Å²) < 4.78 is 25.8. The van der Waals surface area contributed by atoms with Gasteiger partial charge in [0.2, 0.25) is 10.0 Å². The minimum absolute atomic E-state index is 0.00416. The molecule has 1 heterocycles. The van der Waals surface area contributed by atoms with Crippen molar-refractivity contribution in [2.75, 3.05) is 19.6 Å². The Labute approximate surface area is 127 Å². The number of nitrogens with one attached hydrogen (secondary N) is 1. The summed E-state index contributed by atoms with van der Waals surface area (Å²) in [4.78, 5) is 22.5. The van der Waals surface area contributed by atoms with Crippen molar-refractivity contribution in [2.45, 2.75) is 25.2 Å². The quantitative estimate of drug-likeness (QED) is 0.737. The number of carbonyl (C=O) groups excluding carboxylic acids is 1. The number of aliphatic carboxylic acids is 1. The number of carbonyl (C=O) groups is 2. The molecule has 0 atom stereocenters. The van der Waals surface area contributed by atoms with Crippen molar-refractivity contribution in [3.63, 3.8) is 0 Å². The monoisotopic (exact) mass is 334 g/mol. The lowest BCUT2D eigenvalue weighted by Crippen LogP contribution is -2.30. The Bertz CT molecular complexity index is 605. The van der Waals surface area contributed by atoms with Gasteiger partial charge in [-0.3, -0.25) is 9.59 Å². The first kappa shape index (κ1) is 17.6. The molecule has 0 bridgehead atoms. The minimum Gasteiger partial charge on any atom is -0.481 e. The summed E-state index contributed by atoms with van der Waals surface area (Å²) in [5, 5.41) is 12.3. The van der Waals surface area contributed by atoms with E-state index in [1.54, 1.807) is 13.8 Å². The zero-order valence-corrected chi connectivity index (χ0v) is 13.5. The van der Waals surface area contributed by atoms with E-state index in [2.05, 4.69) is 5.32 Å². The van der Waals surface area contributed by atoms with E-state index >= 15 is 0 Å². The normalized spacial score (nSPS) is 11.6. The fourth-order valence-electron chi connectivity index (χ4n) is 1.66. The van der Waals surface area contributed by atoms with Gasteiger partial charge in [-0.05, 0) is 6.07 Å². The van der Waals surface area contributed by atoms with Gasteiger partial charge in [0.25, 0.3) is 5.91 Å². The number of amides is 1. The average molecular weight is 334 g/mol. The SMILES string of the molecule is CCN(CC)S(=O)(=O)c1csc(C(=O)NCCC(=O)O)c1. The summed E-state index contributed by atoms with van der Waals surface area (Å²) in [7, 11) is -3.58. The smallest absolute Gasteiger partial charge is 0.305 e. The second-order valence-electron chi connectivity index (χ2n) is 4.14. The molecule has 9 heteroatoms.